The van der Waals surface area contributed by atoms with E-state index in [-0.39, 0.29) is 17.9 Å². The minimum atomic E-state index is -0.575. The fraction of sp³-hybridized carbons (Fsp3) is 0.619. The van der Waals surface area contributed by atoms with Gasteiger partial charge in [0.1, 0.15) is 11.8 Å². The lowest BCUT2D eigenvalue weighted by Gasteiger charge is -2.30. The Morgan fingerprint density at radius 1 is 1.19 bits per heavy atom. The van der Waals surface area contributed by atoms with Gasteiger partial charge >= 0.3 is 0 Å². The number of carbonyl (C=O) groups excluding carboxylic acids is 2. The van der Waals surface area contributed by atoms with E-state index in [4.69, 9.17) is 4.74 Å². The molecule has 2 unspecified atom stereocenters. The van der Waals surface area contributed by atoms with E-state index in [1.807, 2.05) is 39.0 Å². The largest absolute Gasteiger partial charge is 0.496 e. The van der Waals surface area contributed by atoms with Crippen LogP contribution >= 0.6 is 0 Å². The number of carbonyl (C=O) groups is 2. The van der Waals surface area contributed by atoms with Crippen LogP contribution < -0.4 is 15.4 Å². The zero-order chi connectivity index (χ0) is 20.0. The third-order valence-corrected chi connectivity index (χ3v) is 4.97. The molecule has 0 bridgehead atoms. The predicted molar refractivity (Wildman–Crippen MR) is 107 cm³/mol. The highest BCUT2D eigenvalue weighted by atomic mass is 16.5. The summed E-state index contributed by atoms with van der Waals surface area (Å²) in [6.45, 7) is 9.71. The van der Waals surface area contributed by atoms with Crippen molar-refractivity contribution in [2.24, 2.45) is 5.41 Å². The van der Waals surface area contributed by atoms with Gasteiger partial charge in [-0.05, 0) is 38.9 Å². The number of ether oxygens (including phenoxy) is 1. The average molecular weight is 376 g/mol. The summed E-state index contributed by atoms with van der Waals surface area (Å²) >= 11 is 0. The second-order valence-electron chi connectivity index (χ2n) is 8.19. The van der Waals surface area contributed by atoms with Gasteiger partial charge in [-0.3, -0.25) is 14.5 Å². The number of para-hydroxylation sites is 1. The van der Waals surface area contributed by atoms with Crippen molar-refractivity contribution in [2.45, 2.75) is 52.6 Å². The number of hydrogen-bond acceptors (Lipinski definition) is 4. The molecule has 2 amide bonds. The van der Waals surface area contributed by atoms with Crippen molar-refractivity contribution in [2.75, 3.05) is 26.7 Å². The van der Waals surface area contributed by atoms with E-state index in [0.29, 0.717) is 6.54 Å². The van der Waals surface area contributed by atoms with Crippen LogP contribution in [0.15, 0.2) is 24.3 Å². The van der Waals surface area contributed by atoms with E-state index < -0.39 is 11.5 Å². The van der Waals surface area contributed by atoms with Crippen LogP contribution in [0.25, 0.3) is 0 Å². The van der Waals surface area contributed by atoms with E-state index in [0.717, 1.165) is 37.2 Å². The minimum Gasteiger partial charge on any atom is -0.496 e. The third-order valence-electron chi connectivity index (χ3n) is 4.97. The molecular weight excluding hydrogens is 342 g/mol. The number of methoxy groups -OCH3 is 1. The molecule has 1 saturated heterocycles. The molecule has 1 aliphatic heterocycles. The zero-order valence-corrected chi connectivity index (χ0v) is 17.2. The first-order chi connectivity index (χ1) is 12.7. The molecule has 0 radical (unpaired) electrons. The van der Waals surface area contributed by atoms with Gasteiger partial charge in [0.05, 0.1) is 13.2 Å². The Morgan fingerprint density at radius 2 is 1.81 bits per heavy atom. The zero-order valence-electron chi connectivity index (χ0n) is 17.2. The highest BCUT2D eigenvalue weighted by molar-refractivity contribution is 5.89. The van der Waals surface area contributed by atoms with Crippen molar-refractivity contribution in [1.82, 2.24) is 15.5 Å². The first-order valence-corrected chi connectivity index (χ1v) is 9.69. The minimum absolute atomic E-state index is 0.0538. The normalized spacial score (nSPS) is 17.2. The Labute approximate surface area is 162 Å². The molecular formula is C21H33N3O3. The van der Waals surface area contributed by atoms with Crippen molar-refractivity contribution >= 4 is 11.8 Å². The maximum atomic E-state index is 12.5. The smallest absolute Gasteiger partial charge is 0.242 e. The maximum absolute atomic E-state index is 12.5. The Morgan fingerprint density at radius 3 is 2.41 bits per heavy atom. The van der Waals surface area contributed by atoms with Gasteiger partial charge in [-0.25, -0.2) is 0 Å². The van der Waals surface area contributed by atoms with E-state index in [1.54, 1.807) is 14.0 Å². The first kappa shape index (κ1) is 21.2. The van der Waals surface area contributed by atoms with Gasteiger partial charge in [-0.2, -0.15) is 0 Å². The van der Waals surface area contributed by atoms with Crippen LogP contribution in [0.1, 0.15) is 52.1 Å². The maximum Gasteiger partial charge on any atom is 0.242 e. The molecule has 1 heterocycles. The topological polar surface area (TPSA) is 70.7 Å². The van der Waals surface area contributed by atoms with Crippen LogP contribution in [-0.2, 0) is 9.59 Å². The van der Waals surface area contributed by atoms with E-state index in [9.17, 15) is 9.59 Å². The second-order valence-corrected chi connectivity index (χ2v) is 8.19. The summed E-state index contributed by atoms with van der Waals surface area (Å²) in [6.07, 6.45) is 2.33. The van der Waals surface area contributed by atoms with E-state index in [1.165, 1.54) is 0 Å². The van der Waals surface area contributed by atoms with Gasteiger partial charge in [0.2, 0.25) is 11.8 Å². The molecule has 27 heavy (non-hydrogen) atoms. The fourth-order valence-electron chi connectivity index (χ4n) is 3.26. The molecule has 1 aliphatic rings. The SMILES string of the molecule is COc1ccccc1C(CNC(=O)C(C)NC(=O)C(C)(C)C)N1CCCC1. The van der Waals surface area contributed by atoms with Gasteiger partial charge < -0.3 is 15.4 Å². The standard InChI is InChI=1S/C21H33N3O3/c1-15(23-20(26)21(2,3)4)19(25)22-14-17(24-12-8-9-13-24)16-10-6-7-11-18(16)27-5/h6-7,10-11,15,17H,8-9,12-14H2,1-5H3,(H,22,25)(H,23,26). The van der Waals surface area contributed by atoms with Crippen molar-refractivity contribution in [3.8, 4) is 5.75 Å². The molecule has 6 nitrogen and oxygen atoms in total. The first-order valence-electron chi connectivity index (χ1n) is 9.69. The Hall–Kier alpha value is -2.08. The van der Waals surface area contributed by atoms with Crippen LogP contribution in [0, 0.1) is 5.41 Å². The summed E-state index contributed by atoms with van der Waals surface area (Å²) in [5.74, 6) is 0.524. The highest BCUT2D eigenvalue weighted by Crippen LogP contribution is 2.31. The molecule has 0 spiro atoms. The van der Waals surface area contributed by atoms with Crippen molar-refractivity contribution < 1.29 is 14.3 Å². The number of benzene rings is 1. The van der Waals surface area contributed by atoms with E-state index in [2.05, 4.69) is 21.6 Å². The van der Waals surface area contributed by atoms with Crippen LogP contribution in [0.2, 0.25) is 0 Å². The molecule has 150 valence electrons. The summed E-state index contributed by atoms with van der Waals surface area (Å²) in [7, 11) is 1.67. The Kier molecular flexibility index (Phi) is 7.25. The summed E-state index contributed by atoms with van der Waals surface area (Å²) in [6, 6.07) is 7.43. The number of amides is 2. The Bertz CT molecular complexity index is 648. The van der Waals surface area contributed by atoms with Gasteiger partial charge in [-0.15, -0.1) is 0 Å². The lowest BCUT2D eigenvalue weighted by molar-refractivity contribution is -0.133. The molecule has 2 rings (SSSR count). The molecule has 6 heteroatoms. The lowest BCUT2D eigenvalue weighted by atomic mass is 9.95. The van der Waals surface area contributed by atoms with Crippen LogP contribution in [0.4, 0.5) is 0 Å². The molecule has 1 fully saturated rings. The average Bonchev–Trinajstić information content (AvgIpc) is 3.15. The van der Waals surface area contributed by atoms with Gasteiger partial charge in [-0.1, -0.05) is 39.0 Å². The van der Waals surface area contributed by atoms with Gasteiger partial charge in [0.15, 0.2) is 0 Å². The highest BCUT2D eigenvalue weighted by Gasteiger charge is 2.28. The van der Waals surface area contributed by atoms with E-state index >= 15 is 0 Å². The number of nitrogens with one attached hydrogen (secondary N) is 2. The summed E-state index contributed by atoms with van der Waals surface area (Å²) in [5, 5.41) is 5.80. The lowest BCUT2D eigenvalue weighted by Crippen LogP contribution is -2.49. The quantitative estimate of drug-likeness (QED) is 0.768. The molecule has 2 N–H and O–H groups in total. The molecule has 0 aliphatic carbocycles. The van der Waals surface area contributed by atoms with Gasteiger partial charge in [0, 0.05) is 17.5 Å². The van der Waals surface area contributed by atoms with Crippen LogP contribution in [-0.4, -0.2) is 49.5 Å². The summed E-state index contributed by atoms with van der Waals surface area (Å²) in [5.41, 5.74) is 0.554. The van der Waals surface area contributed by atoms with Crippen molar-refractivity contribution in [3.63, 3.8) is 0 Å². The molecule has 1 aromatic rings. The number of likely N-dealkylation sites (tertiary alicyclic amines) is 1. The van der Waals surface area contributed by atoms with Crippen molar-refractivity contribution in [3.05, 3.63) is 29.8 Å². The van der Waals surface area contributed by atoms with Crippen molar-refractivity contribution in [1.29, 1.82) is 0 Å². The van der Waals surface area contributed by atoms with Crippen LogP contribution in [0.3, 0.4) is 0 Å². The fourth-order valence-corrected chi connectivity index (χ4v) is 3.26. The predicted octanol–water partition coefficient (Wildman–Crippen LogP) is 2.50. The molecule has 1 aromatic carbocycles. The number of rotatable bonds is 7. The third kappa shape index (κ3) is 5.70. The second kappa shape index (κ2) is 9.22. The number of nitrogens with zero attached hydrogens (tertiary/aromatic N) is 1. The molecule has 2 atom stereocenters. The van der Waals surface area contributed by atoms with Crippen LogP contribution in [0.5, 0.6) is 5.75 Å². The number of hydrogen-bond donors (Lipinski definition) is 2. The summed E-state index contributed by atoms with van der Waals surface area (Å²) in [4.78, 5) is 27.0. The Balaban J connectivity index is 2.05. The van der Waals surface area contributed by atoms with Gasteiger partial charge in [0.25, 0.3) is 0 Å². The monoisotopic (exact) mass is 375 g/mol. The molecule has 0 aromatic heterocycles. The summed E-state index contributed by atoms with van der Waals surface area (Å²) < 4.78 is 5.53. The molecule has 0 saturated carbocycles.